The van der Waals surface area contributed by atoms with Crippen molar-refractivity contribution in [2.24, 2.45) is 0 Å². The molecule has 1 atom stereocenters. The molecule has 0 bridgehead atoms. The topological polar surface area (TPSA) is 58.6 Å². The number of rotatable bonds is 12. The number of benzene rings is 3. The van der Waals surface area contributed by atoms with Crippen LogP contribution in [0.5, 0.6) is 5.75 Å². The Kier molecular flexibility index (Phi) is 11.3. The van der Waals surface area contributed by atoms with Crippen LogP contribution < -0.4 is 10.1 Å². The zero-order valence-electron chi connectivity index (χ0n) is 23.2. The van der Waals surface area contributed by atoms with E-state index in [4.69, 9.17) is 27.9 Å². The van der Waals surface area contributed by atoms with Gasteiger partial charge in [0.1, 0.15) is 11.8 Å². The lowest BCUT2D eigenvalue weighted by Crippen LogP contribution is -2.51. The largest absolute Gasteiger partial charge is 0.484 e. The maximum absolute atomic E-state index is 13.7. The number of unbranched alkanes of at least 4 members (excludes halogenated alkanes) is 1. The average Bonchev–Trinajstić information content (AvgIpc) is 2.90. The van der Waals surface area contributed by atoms with Gasteiger partial charge in [-0.1, -0.05) is 106 Å². The third kappa shape index (κ3) is 9.29. The molecule has 7 heteroatoms. The monoisotopic (exact) mass is 568 g/mol. The van der Waals surface area contributed by atoms with Crippen molar-refractivity contribution in [1.82, 2.24) is 10.2 Å². The van der Waals surface area contributed by atoms with Gasteiger partial charge in [-0.15, -0.1) is 0 Å². The van der Waals surface area contributed by atoms with Crippen LogP contribution in [0.4, 0.5) is 0 Å². The van der Waals surface area contributed by atoms with Crippen LogP contribution in [0.2, 0.25) is 10.0 Å². The Morgan fingerprint density at radius 1 is 0.974 bits per heavy atom. The first-order chi connectivity index (χ1) is 18.6. The number of carbonyl (C=O) groups excluding carboxylic acids is 2. The molecule has 39 heavy (non-hydrogen) atoms. The second kappa shape index (κ2) is 14.4. The number of carbonyl (C=O) groups is 2. The summed E-state index contributed by atoms with van der Waals surface area (Å²) in [7, 11) is 0. The molecule has 0 heterocycles. The molecule has 0 aromatic heterocycles. The van der Waals surface area contributed by atoms with E-state index < -0.39 is 6.04 Å². The summed E-state index contributed by atoms with van der Waals surface area (Å²) in [4.78, 5) is 28.8. The molecule has 2 amide bonds. The second-order valence-electron chi connectivity index (χ2n) is 10.7. The van der Waals surface area contributed by atoms with Crippen LogP contribution in [-0.2, 0) is 28.0 Å². The quantitative estimate of drug-likeness (QED) is 0.234. The molecule has 3 rings (SSSR count). The molecule has 1 N–H and O–H groups in total. The molecule has 0 saturated carbocycles. The zero-order chi connectivity index (χ0) is 28.4. The number of nitrogens with zero attached hydrogens (tertiary/aromatic N) is 1. The van der Waals surface area contributed by atoms with Crippen molar-refractivity contribution < 1.29 is 14.3 Å². The third-order valence-corrected chi connectivity index (χ3v) is 7.13. The van der Waals surface area contributed by atoms with E-state index in [1.54, 1.807) is 23.1 Å². The lowest BCUT2D eigenvalue weighted by molar-refractivity contribution is -0.142. The SMILES string of the molecule is CCCCNC(=O)[C@H](Cc1ccccc1)N(Cc1ccc(Cl)cc1Cl)C(=O)COc1ccc(C(C)(C)C)cc1. The van der Waals surface area contributed by atoms with E-state index in [0.717, 1.165) is 18.4 Å². The highest BCUT2D eigenvalue weighted by Crippen LogP contribution is 2.26. The van der Waals surface area contributed by atoms with Crippen molar-refractivity contribution in [3.05, 3.63) is 99.5 Å². The van der Waals surface area contributed by atoms with Gasteiger partial charge in [-0.05, 0) is 52.8 Å². The predicted octanol–water partition coefficient (Wildman–Crippen LogP) is 7.23. The maximum atomic E-state index is 13.7. The lowest BCUT2D eigenvalue weighted by atomic mass is 9.87. The van der Waals surface area contributed by atoms with Crippen LogP contribution >= 0.6 is 23.2 Å². The first-order valence-electron chi connectivity index (χ1n) is 13.4. The normalized spacial score (nSPS) is 12.1. The number of hydrogen-bond donors (Lipinski definition) is 1. The molecule has 0 aliphatic heterocycles. The highest BCUT2D eigenvalue weighted by Gasteiger charge is 2.31. The van der Waals surface area contributed by atoms with E-state index in [9.17, 15) is 9.59 Å². The van der Waals surface area contributed by atoms with E-state index in [2.05, 4.69) is 33.0 Å². The number of amides is 2. The van der Waals surface area contributed by atoms with Crippen molar-refractivity contribution in [3.63, 3.8) is 0 Å². The molecule has 0 radical (unpaired) electrons. The standard InChI is InChI=1S/C32H38Cl2N2O3/c1-5-6-18-35-31(38)29(19-23-10-8-7-9-11-23)36(21-24-12-15-26(33)20-28(24)34)30(37)22-39-27-16-13-25(14-17-27)32(2,3)4/h7-17,20,29H,5-6,18-19,21-22H2,1-4H3,(H,35,38)/t29-/m0/s1. The summed E-state index contributed by atoms with van der Waals surface area (Å²) in [6, 6.07) is 21.8. The Morgan fingerprint density at radius 2 is 1.67 bits per heavy atom. The Labute approximate surface area is 242 Å². The predicted molar refractivity (Wildman–Crippen MR) is 160 cm³/mol. The van der Waals surface area contributed by atoms with Crippen molar-refractivity contribution in [2.45, 2.75) is 65.0 Å². The van der Waals surface area contributed by atoms with Gasteiger partial charge in [0.2, 0.25) is 5.91 Å². The molecule has 0 saturated heterocycles. The van der Waals surface area contributed by atoms with Crippen molar-refractivity contribution in [2.75, 3.05) is 13.2 Å². The molecule has 5 nitrogen and oxygen atoms in total. The van der Waals surface area contributed by atoms with E-state index in [1.807, 2.05) is 54.6 Å². The summed E-state index contributed by atoms with van der Waals surface area (Å²) in [5.74, 6) is 0.0700. The first-order valence-corrected chi connectivity index (χ1v) is 14.1. The molecule has 0 unspecified atom stereocenters. The van der Waals surface area contributed by atoms with Gasteiger partial charge >= 0.3 is 0 Å². The van der Waals surface area contributed by atoms with Gasteiger partial charge in [-0.2, -0.15) is 0 Å². The number of ether oxygens (including phenoxy) is 1. The van der Waals surface area contributed by atoms with Crippen LogP contribution in [0.3, 0.4) is 0 Å². The van der Waals surface area contributed by atoms with Crippen LogP contribution in [0.15, 0.2) is 72.8 Å². The minimum Gasteiger partial charge on any atom is -0.484 e. The van der Waals surface area contributed by atoms with Gasteiger partial charge in [0, 0.05) is 29.6 Å². The molecule has 0 spiro atoms. The zero-order valence-corrected chi connectivity index (χ0v) is 24.7. The highest BCUT2D eigenvalue weighted by molar-refractivity contribution is 6.35. The second-order valence-corrected chi connectivity index (χ2v) is 11.5. The molecule has 3 aromatic rings. The lowest BCUT2D eigenvalue weighted by Gasteiger charge is -2.32. The Morgan fingerprint density at radius 3 is 2.28 bits per heavy atom. The third-order valence-electron chi connectivity index (χ3n) is 6.54. The summed E-state index contributed by atoms with van der Waals surface area (Å²) >= 11 is 12.6. The summed E-state index contributed by atoms with van der Waals surface area (Å²) < 4.78 is 5.91. The molecule has 0 fully saturated rings. The fraction of sp³-hybridized carbons (Fsp3) is 0.375. The Bertz CT molecular complexity index is 1220. The molecule has 0 aliphatic carbocycles. The van der Waals surface area contributed by atoms with Crippen LogP contribution in [0.1, 0.15) is 57.2 Å². The number of hydrogen-bond acceptors (Lipinski definition) is 3. The summed E-state index contributed by atoms with van der Waals surface area (Å²) in [5, 5.41) is 3.95. The van der Waals surface area contributed by atoms with Gasteiger partial charge in [-0.25, -0.2) is 0 Å². The molecular weight excluding hydrogens is 531 g/mol. The minimum atomic E-state index is -0.754. The van der Waals surface area contributed by atoms with Crippen molar-refractivity contribution in [3.8, 4) is 5.75 Å². The molecule has 208 valence electrons. The van der Waals surface area contributed by atoms with Crippen molar-refractivity contribution in [1.29, 1.82) is 0 Å². The highest BCUT2D eigenvalue weighted by atomic mass is 35.5. The van der Waals surface area contributed by atoms with E-state index >= 15 is 0 Å². The fourth-order valence-electron chi connectivity index (χ4n) is 4.17. The molecule has 0 aliphatic rings. The Hall–Kier alpha value is -3.02. The van der Waals surface area contributed by atoms with E-state index in [0.29, 0.717) is 34.3 Å². The number of nitrogens with one attached hydrogen (secondary N) is 1. The van der Waals surface area contributed by atoms with E-state index in [1.165, 1.54) is 5.56 Å². The van der Waals surface area contributed by atoms with Crippen LogP contribution in [0, 0.1) is 0 Å². The summed E-state index contributed by atoms with van der Waals surface area (Å²) in [6.07, 6.45) is 2.17. The van der Waals surface area contributed by atoms with Gasteiger partial charge < -0.3 is 15.0 Å². The fourth-order valence-corrected chi connectivity index (χ4v) is 4.64. The minimum absolute atomic E-state index is 0.0127. The molecule has 3 aromatic carbocycles. The van der Waals surface area contributed by atoms with Gasteiger partial charge in [0.15, 0.2) is 6.61 Å². The van der Waals surface area contributed by atoms with Gasteiger partial charge in [0.25, 0.3) is 5.91 Å². The summed E-state index contributed by atoms with van der Waals surface area (Å²) in [6.45, 7) is 8.96. The van der Waals surface area contributed by atoms with Crippen LogP contribution in [-0.4, -0.2) is 35.9 Å². The maximum Gasteiger partial charge on any atom is 0.261 e. The van der Waals surface area contributed by atoms with Crippen LogP contribution in [0.25, 0.3) is 0 Å². The van der Waals surface area contributed by atoms with Gasteiger partial charge in [-0.3, -0.25) is 9.59 Å². The number of halogens is 2. The smallest absolute Gasteiger partial charge is 0.261 e. The Balaban J connectivity index is 1.89. The average molecular weight is 570 g/mol. The first kappa shape index (κ1) is 30.5. The van der Waals surface area contributed by atoms with E-state index in [-0.39, 0.29) is 30.4 Å². The molecular formula is C32H38Cl2N2O3. The summed E-state index contributed by atoms with van der Waals surface area (Å²) in [5.41, 5.74) is 2.83. The van der Waals surface area contributed by atoms with Gasteiger partial charge in [0.05, 0.1) is 0 Å². The van der Waals surface area contributed by atoms with Crippen molar-refractivity contribution >= 4 is 35.0 Å².